The molecule has 1 aromatic rings. The molecule has 0 aromatic heterocycles. The number of aliphatic carboxylic acids is 1. The Balaban J connectivity index is 2.50. The molecule has 0 radical (unpaired) electrons. The lowest BCUT2D eigenvalue weighted by Crippen LogP contribution is -2.22. The van der Waals surface area contributed by atoms with E-state index in [1.807, 2.05) is 6.92 Å². The molecule has 2 unspecified atom stereocenters. The fourth-order valence-electron chi connectivity index (χ4n) is 2.06. The first kappa shape index (κ1) is 10.4. The van der Waals surface area contributed by atoms with Crippen molar-refractivity contribution in [1.29, 1.82) is 0 Å². The molecule has 0 spiro atoms. The molecule has 1 N–H and O–H groups in total. The van der Waals surface area contributed by atoms with E-state index in [0.29, 0.717) is 12.0 Å². The van der Waals surface area contributed by atoms with Crippen LogP contribution in [0, 0.1) is 11.7 Å². The molecule has 2 atom stereocenters. The second-order valence-electron chi connectivity index (χ2n) is 4.01. The minimum atomic E-state index is -0.898. The van der Waals surface area contributed by atoms with Gasteiger partial charge in [0.2, 0.25) is 0 Å². The highest BCUT2D eigenvalue weighted by molar-refractivity contribution is 6.31. The van der Waals surface area contributed by atoms with Crippen LogP contribution in [0.2, 0.25) is 5.02 Å². The lowest BCUT2D eigenvalue weighted by atomic mass is 9.93. The van der Waals surface area contributed by atoms with E-state index >= 15 is 0 Å². The van der Waals surface area contributed by atoms with Gasteiger partial charge in [-0.15, -0.1) is 0 Å². The van der Waals surface area contributed by atoms with E-state index in [1.54, 1.807) is 0 Å². The molecule has 15 heavy (non-hydrogen) atoms. The maximum atomic E-state index is 12.8. The minimum absolute atomic E-state index is 0.0537. The summed E-state index contributed by atoms with van der Waals surface area (Å²) < 4.78 is 12.8. The smallest absolute Gasteiger partial charge is 0.314 e. The fraction of sp³-hybridized carbons (Fsp3) is 0.364. The Bertz CT molecular complexity index is 433. The van der Waals surface area contributed by atoms with Gasteiger partial charge in [-0.1, -0.05) is 24.6 Å². The van der Waals surface area contributed by atoms with E-state index in [4.69, 9.17) is 16.7 Å². The third-order valence-corrected chi connectivity index (χ3v) is 3.42. The van der Waals surface area contributed by atoms with Crippen molar-refractivity contribution in [2.75, 3.05) is 0 Å². The molecule has 0 aliphatic heterocycles. The van der Waals surface area contributed by atoms with E-state index in [1.165, 1.54) is 12.1 Å². The van der Waals surface area contributed by atoms with E-state index in [2.05, 4.69) is 0 Å². The molecule has 2 rings (SSSR count). The van der Waals surface area contributed by atoms with Crippen LogP contribution < -0.4 is 0 Å². The summed E-state index contributed by atoms with van der Waals surface area (Å²) >= 11 is 5.86. The first-order chi connectivity index (χ1) is 6.98. The lowest BCUT2D eigenvalue weighted by molar-refractivity contribution is -0.140. The van der Waals surface area contributed by atoms with Crippen LogP contribution in [0.1, 0.15) is 18.9 Å². The standard InChI is InChI=1S/C11H10ClFO2/c1-6-5-11(6,10(14)15)8-3-2-7(13)4-9(8)12/h2-4,6H,5H2,1H3,(H,14,15). The second-order valence-corrected chi connectivity index (χ2v) is 4.41. The number of halogens is 2. The number of hydrogen-bond donors (Lipinski definition) is 1. The molecule has 0 saturated heterocycles. The highest BCUT2D eigenvalue weighted by Crippen LogP contribution is 2.55. The van der Waals surface area contributed by atoms with Crippen molar-refractivity contribution in [2.45, 2.75) is 18.8 Å². The maximum Gasteiger partial charge on any atom is 0.314 e. The van der Waals surface area contributed by atoms with Gasteiger partial charge in [0.1, 0.15) is 5.82 Å². The predicted molar refractivity (Wildman–Crippen MR) is 54.5 cm³/mol. The maximum absolute atomic E-state index is 12.8. The zero-order valence-corrected chi connectivity index (χ0v) is 8.88. The summed E-state index contributed by atoms with van der Waals surface area (Å²) in [5, 5.41) is 9.37. The van der Waals surface area contributed by atoms with Gasteiger partial charge in [0.15, 0.2) is 0 Å². The van der Waals surface area contributed by atoms with Crippen LogP contribution in [0.25, 0.3) is 0 Å². The van der Waals surface area contributed by atoms with Gasteiger partial charge in [-0.05, 0) is 30.0 Å². The summed E-state index contributed by atoms with van der Waals surface area (Å²) in [6.45, 7) is 1.85. The highest BCUT2D eigenvalue weighted by Gasteiger charge is 2.59. The average Bonchev–Trinajstić information content (AvgIpc) is 2.78. The van der Waals surface area contributed by atoms with Crippen molar-refractivity contribution >= 4 is 17.6 Å². The molecule has 1 fully saturated rings. The summed E-state index contributed by atoms with van der Waals surface area (Å²) in [6, 6.07) is 3.87. The van der Waals surface area contributed by atoms with Gasteiger partial charge < -0.3 is 5.11 Å². The van der Waals surface area contributed by atoms with Gasteiger partial charge in [0, 0.05) is 5.02 Å². The Morgan fingerprint density at radius 2 is 2.27 bits per heavy atom. The monoisotopic (exact) mass is 228 g/mol. The van der Waals surface area contributed by atoms with E-state index in [-0.39, 0.29) is 10.9 Å². The molecular weight excluding hydrogens is 219 g/mol. The normalized spacial score (nSPS) is 28.9. The number of carboxylic acid groups (broad SMARTS) is 1. The number of carbonyl (C=O) groups is 1. The van der Waals surface area contributed by atoms with Crippen molar-refractivity contribution in [1.82, 2.24) is 0 Å². The second kappa shape index (κ2) is 3.20. The van der Waals surface area contributed by atoms with Crippen molar-refractivity contribution in [2.24, 2.45) is 5.92 Å². The first-order valence-corrected chi connectivity index (χ1v) is 5.05. The van der Waals surface area contributed by atoms with Crippen LogP contribution in [0.15, 0.2) is 18.2 Å². The fourth-order valence-corrected chi connectivity index (χ4v) is 2.40. The number of hydrogen-bond acceptors (Lipinski definition) is 1. The molecule has 1 aliphatic carbocycles. The Kier molecular flexibility index (Phi) is 2.23. The van der Waals surface area contributed by atoms with Crippen LogP contribution in [0.3, 0.4) is 0 Å². The van der Waals surface area contributed by atoms with Gasteiger partial charge >= 0.3 is 5.97 Å². The van der Waals surface area contributed by atoms with Crippen LogP contribution in [-0.4, -0.2) is 11.1 Å². The van der Waals surface area contributed by atoms with E-state index in [9.17, 15) is 9.18 Å². The molecule has 0 heterocycles. The third kappa shape index (κ3) is 1.42. The molecule has 1 aromatic carbocycles. The summed E-state index contributed by atoms with van der Waals surface area (Å²) in [5.41, 5.74) is -0.379. The van der Waals surface area contributed by atoms with Crippen LogP contribution in [-0.2, 0) is 10.2 Å². The SMILES string of the molecule is CC1CC1(C(=O)O)c1ccc(F)cc1Cl. The van der Waals surface area contributed by atoms with Crippen LogP contribution in [0.4, 0.5) is 4.39 Å². The Hall–Kier alpha value is -1.09. The molecular formula is C11H10ClFO2. The third-order valence-electron chi connectivity index (χ3n) is 3.10. The Labute approximate surface area is 91.7 Å². The van der Waals surface area contributed by atoms with Gasteiger partial charge in [-0.2, -0.15) is 0 Å². The molecule has 4 heteroatoms. The molecule has 0 bridgehead atoms. The zero-order chi connectivity index (χ0) is 11.2. The number of carboxylic acids is 1. The minimum Gasteiger partial charge on any atom is -0.481 e. The zero-order valence-electron chi connectivity index (χ0n) is 8.13. The van der Waals surface area contributed by atoms with E-state index < -0.39 is 17.2 Å². The summed E-state index contributed by atoms with van der Waals surface area (Å²) in [7, 11) is 0. The van der Waals surface area contributed by atoms with Crippen molar-refractivity contribution < 1.29 is 14.3 Å². The highest BCUT2D eigenvalue weighted by atomic mass is 35.5. The van der Waals surface area contributed by atoms with Crippen LogP contribution in [0.5, 0.6) is 0 Å². The Morgan fingerprint density at radius 3 is 2.67 bits per heavy atom. The van der Waals surface area contributed by atoms with Crippen molar-refractivity contribution in [3.05, 3.63) is 34.6 Å². The van der Waals surface area contributed by atoms with Crippen molar-refractivity contribution in [3.63, 3.8) is 0 Å². The molecule has 80 valence electrons. The summed E-state index contributed by atoms with van der Waals surface area (Å²) in [4.78, 5) is 11.2. The average molecular weight is 229 g/mol. The Morgan fingerprint density at radius 1 is 1.67 bits per heavy atom. The number of rotatable bonds is 2. The molecule has 1 saturated carbocycles. The summed E-state index contributed by atoms with van der Waals surface area (Å²) in [6.07, 6.45) is 0.563. The predicted octanol–water partition coefficient (Wildman–Crippen LogP) is 2.84. The molecule has 1 aliphatic rings. The quantitative estimate of drug-likeness (QED) is 0.845. The largest absolute Gasteiger partial charge is 0.481 e. The van der Waals surface area contributed by atoms with Gasteiger partial charge in [-0.25, -0.2) is 4.39 Å². The molecule has 2 nitrogen and oxygen atoms in total. The van der Waals surface area contributed by atoms with Gasteiger partial charge in [-0.3, -0.25) is 4.79 Å². The van der Waals surface area contributed by atoms with Crippen LogP contribution >= 0.6 is 11.6 Å². The lowest BCUT2D eigenvalue weighted by Gasteiger charge is -2.13. The molecule has 0 amide bonds. The van der Waals surface area contributed by atoms with Gasteiger partial charge in [0.05, 0.1) is 5.41 Å². The van der Waals surface area contributed by atoms with Gasteiger partial charge in [0.25, 0.3) is 0 Å². The number of benzene rings is 1. The van der Waals surface area contributed by atoms with Crippen molar-refractivity contribution in [3.8, 4) is 0 Å². The summed E-state index contributed by atoms with van der Waals surface area (Å²) in [5.74, 6) is -1.28. The first-order valence-electron chi connectivity index (χ1n) is 4.67. The topological polar surface area (TPSA) is 37.3 Å². The van der Waals surface area contributed by atoms with E-state index in [0.717, 1.165) is 6.07 Å².